The highest BCUT2D eigenvalue weighted by Gasteiger charge is 2.03. The summed E-state index contributed by atoms with van der Waals surface area (Å²) >= 11 is 3.52. The maximum atomic E-state index is 11.6. The summed E-state index contributed by atoms with van der Waals surface area (Å²) in [5, 5.41) is 0. The first-order chi connectivity index (χ1) is 9.47. The lowest BCUT2D eigenvalue weighted by Gasteiger charge is -2.11. The van der Waals surface area contributed by atoms with E-state index >= 15 is 0 Å². The summed E-state index contributed by atoms with van der Waals surface area (Å²) in [6, 6.07) is 7.00. The fraction of sp³-hybridized carbons (Fsp3) is 0.267. The Balaban J connectivity index is 2.03. The van der Waals surface area contributed by atoms with Gasteiger partial charge in [-0.25, -0.2) is 0 Å². The molecule has 0 spiro atoms. The van der Waals surface area contributed by atoms with Crippen molar-refractivity contribution < 1.29 is 4.74 Å². The smallest absolute Gasteiger partial charge is 0.250 e. The van der Waals surface area contributed by atoms with Crippen molar-refractivity contribution in [2.24, 2.45) is 0 Å². The molecule has 2 N–H and O–H groups in total. The minimum Gasteiger partial charge on any atom is -0.492 e. The van der Waals surface area contributed by atoms with Crippen molar-refractivity contribution in [1.82, 2.24) is 4.57 Å². The zero-order chi connectivity index (χ0) is 14.7. The van der Waals surface area contributed by atoms with E-state index in [2.05, 4.69) is 15.9 Å². The number of hydrogen-bond acceptors (Lipinski definition) is 3. The molecule has 1 aromatic heterocycles. The van der Waals surface area contributed by atoms with Crippen LogP contribution in [0.5, 0.6) is 5.75 Å². The normalized spacial score (nSPS) is 10.6. The minimum atomic E-state index is -0.0778. The van der Waals surface area contributed by atoms with Gasteiger partial charge in [0.1, 0.15) is 12.4 Å². The highest BCUT2D eigenvalue weighted by Crippen LogP contribution is 2.26. The fourth-order valence-corrected chi connectivity index (χ4v) is 2.20. The van der Waals surface area contributed by atoms with Crippen LogP contribution in [0.3, 0.4) is 0 Å². The van der Waals surface area contributed by atoms with E-state index in [4.69, 9.17) is 10.5 Å². The molecule has 2 rings (SSSR count). The third-order valence-electron chi connectivity index (χ3n) is 3.02. The van der Waals surface area contributed by atoms with Crippen LogP contribution in [-0.4, -0.2) is 11.2 Å². The number of nitrogen functional groups attached to an aromatic ring is 1. The van der Waals surface area contributed by atoms with Gasteiger partial charge >= 0.3 is 0 Å². The molecular weight excluding hydrogens is 320 g/mol. The van der Waals surface area contributed by atoms with Crippen molar-refractivity contribution >= 4 is 21.6 Å². The molecule has 0 bridgehead atoms. The number of benzene rings is 1. The summed E-state index contributed by atoms with van der Waals surface area (Å²) in [5.41, 5.74) is 8.40. The molecule has 20 heavy (non-hydrogen) atoms. The molecule has 0 radical (unpaired) electrons. The second-order valence-electron chi connectivity index (χ2n) is 4.71. The van der Waals surface area contributed by atoms with Crippen molar-refractivity contribution in [3.63, 3.8) is 0 Å². The van der Waals surface area contributed by atoms with E-state index in [1.54, 1.807) is 16.8 Å². The Labute approximate surface area is 126 Å². The summed E-state index contributed by atoms with van der Waals surface area (Å²) in [5.74, 6) is 0.806. The van der Waals surface area contributed by atoms with Crippen LogP contribution in [0.4, 0.5) is 5.69 Å². The van der Waals surface area contributed by atoms with E-state index in [-0.39, 0.29) is 5.56 Å². The van der Waals surface area contributed by atoms with Gasteiger partial charge in [-0.3, -0.25) is 4.79 Å². The maximum Gasteiger partial charge on any atom is 0.250 e. The van der Waals surface area contributed by atoms with Crippen LogP contribution in [0.25, 0.3) is 0 Å². The van der Waals surface area contributed by atoms with E-state index in [9.17, 15) is 4.79 Å². The average Bonchev–Trinajstić information content (AvgIpc) is 2.40. The molecule has 0 saturated heterocycles. The number of nitrogens with two attached hydrogens (primary N) is 1. The Morgan fingerprint density at radius 3 is 2.55 bits per heavy atom. The van der Waals surface area contributed by atoms with E-state index in [1.165, 1.54) is 6.07 Å². The summed E-state index contributed by atoms with van der Waals surface area (Å²) in [6.07, 6.45) is 1.63. The number of anilines is 1. The van der Waals surface area contributed by atoms with Gasteiger partial charge in [0.25, 0.3) is 5.56 Å². The number of aryl methyl sites for hydroxylation is 2. The zero-order valence-corrected chi connectivity index (χ0v) is 13.1. The quantitative estimate of drug-likeness (QED) is 0.933. The highest BCUT2D eigenvalue weighted by molar-refractivity contribution is 9.10. The maximum absolute atomic E-state index is 11.6. The van der Waals surface area contributed by atoms with Crippen LogP contribution >= 0.6 is 15.9 Å². The van der Waals surface area contributed by atoms with Crippen molar-refractivity contribution in [2.45, 2.75) is 20.4 Å². The van der Waals surface area contributed by atoms with Crippen molar-refractivity contribution in [3.05, 3.63) is 56.4 Å². The molecular formula is C15H17BrN2O2. The number of rotatable bonds is 4. The second kappa shape index (κ2) is 6.13. The van der Waals surface area contributed by atoms with Gasteiger partial charge in [0.15, 0.2) is 0 Å². The molecule has 1 heterocycles. The average molecular weight is 337 g/mol. The number of pyridine rings is 1. The van der Waals surface area contributed by atoms with Crippen LogP contribution in [0.1, 0.15) is 11.1 Å². The van der Waals surface area contributed by atoms with Gasteiger partial charge in [-0.2, -0.15) is 0 Å². The molecule has 0 aliphatic heterocycles. The van der Waals surface area contributed by atoms with Gasteiger partial charge in [-0.05, 0) is 43.2 Å². The minimum absolute atomic E-state index is 0.0778. The van der Waals surface area contributed by atoms with Crippen molar-refractivity contribution in [3.8, 4) is 5.75 Å². The molecule has 2 aromatic rings. The lowest BCUT2D eigenvalue weighted by Crippen LogP contribution is -2.22. The SMILES string of the molecule is Cc1cc(OCCn2cc(N)ccc2=O)cc(C)c1Br. The predicted octanol–water partition coefficient (Wildman–Crippen LogP) is 2.89. The summed E-state index contributed by atoms with van der Waals surface area (Å²) in [6.45, 7) is 4.93. The Morgan fingerprint density at radius 2 is 1.90 bits per heavy atom. The number of halogens is 1. The molecule has 0 aliphatic rings. The number of aromatic nitrogens is 1. The third-order valence-corrected chi connectivity index (χ3v) is 4.27. The summed E-state index contributed by atoms with van der Waals surface area (Å²) < 4.78 is 8.34. The first-order valence-corrected chi connectivity index (χ1v) is 7.12. The lowest BCUT2D eigenvalue weighted by molar-refractivity contribution is 0.296. The van der Waals surface area contributed by atoms with Crippen LogP contribution in [0.15, 0.2) is 39.7 Å². The summed E-state index contributed by atoms with van der Waals surface area (Å²) in [7, 11) is 0. The van der Waals surface area contributed by atoms with Gasteiger partial charge < -0.3 is 15.0 Å². The molecule has 106 valence electrons. The zero-order valence-electron chi connectivity index (χ0n) is 11.5. The van der Waals surface area contributed by atoms with Crippen molar-refractivity contribution in [1.29, 1.82) is 0 Å². The standard InChI is InChI=1S/C15H17BrN2O2/c1-10-7-13(8-11(2)15(10)16)20-6-5-18-9-12(17)3-4-14(18)19/h3-4,7-9H,5-6,17H2,1-2H3. The Bertz CT molecular complexity index is 657. The lowest BCUT2D eigenvalue weighted by atomic mass is 10.1. The monoisotopic (exact) mass is 336 g/mol. The van der Waals surface area contributed by atoms with Gasteiger partial charge in [0, 0.05) is 22.4 Å². The molecule has 0 fully saturated rings. The molecule has 0 aliphatic carbocycles. The Kier molecular flexibility index (Phi) is 4.49. The van der Waals surface area contributed by atoms with Crippen LogP contribution in [0.2, 0.25) is 0 Å². The molecule has 0 atom stereocenters. The molecule has 0 amide bonds. The number of nitrogens with zero attached hydrogens (tertiary/aromatic N) is 1. The molecule has 5 heteroatoms. The highest BCUT2D eigenvalue weighted by atomic mass is 79.9. The third kappa shape index (κ3) is 3.42. The fourth-order valence-electron chi connectivity index (χ4n) is 1.98. The van der Waals surface area contributed by atoms with E-state index in [1.807, 2.05) is 26.0 Å². The van der Waals surface area contributed by atoms with Gasteiger partial charge in [0.2, 0.25) is 0 Å². The van der Waals surface area contributed by atoms with Gasteiger partial charge in [0.05, 0.1) is 6.54 Å². The van der Waals surface area contributed by atoms with E-state index < -0.39 is 0 Å². The van der Waals surface area contributed by atoms with Crippen LogP contribution in [-0.2, 0) is 6.54 Å². The van der Waals surface area contributed by atoms with E-state index in [0.29, 0.717) is 18.8 Å². The van der Waals surface area contributed by atoms with Gasteiger partial charge in [-0.15, -0.1) is 0 Å². The predicted molar refractivity (Wildman–Crippen MR) is 84.2 cm³/mol. The topological polar surface area (TPSA) is 57.2 Å². The molecule has 4 nitrogen and oxygen atoms in total. The van der Waals surface area contributed by atoms with Crippen molar-refractivity contribution in [2.75, 3.05) is 12.3 Å². The molecule has 0 unspecified atom stereocenters. The summed E-state index contributed by atoms with van der Waals surface area (Å²) in [4.78, 5) is 11.6. The van der Waals surface area contributed by atoms with Crippen LogP contribution in [0, 0.1) is 13.8 Å². The number of ether oxygens (including phenoxy) is 1. The van der Waals surface area contributed by atoms with Gasteiger partial charge in [-0.1, -0.05) is 15.9 Å². The van der Waals surface area contributed by atoms with E-state index in [0.717, 1.165) is 21.3 Å². The second-order valence-corrected chi connectivity index (χ2v) is 5.51. The largest absolute Gasteiger partial charge is 0.492 e. The Hall–Kier alpha value is -1.75. The first-order valence-electron chi connectivity index (χ1n) is 6.33. The molecule has 1 aromatic carbocycles. The number of hydrogen-bond donors (Lipinski definition) is 1. The first kappa shape index (κ1) is 14.7. The Morgan fingerprint density at radius 1 is 1.25 bits per heavy atom. The molecule has 0 saturated carbocycles. The van der Waals surface area contributed by atoms with Crippen LogP contribution < -0.4 is 16.0 Å².